The van der Waals surface area contributed by atoms with Crippen molar-refractivity contribution in [2.24, 2.45) is 0 Å². The molecule has 0 saturated heterocycles. The fraction of sp³-hybridized carbons (Fsp3) is 0.273. The van der Waals surface area contributed by atoms with Crippen molar-refractivity contribution >= 4 is 39.0 Å². The third-order valence-corrected chi connectivity index (χ3v) is 4.11. The zero-order valence-corrected chi connectivity index (χ0v) is 12.7. The lowest BCUT2D eigenvalue weighted by atomic mass is 10.3. The van der Waals surface area contributed by atoms with Gasteiger partial charge in [-0.25, -0.2) is 4.98 Å². The quantitative estimate of drug-likeness (QED) is 0.902. The number of anilines is 2. The molecule has 0 fully saturated rings. The smallest absolute Gasteiger partial charge is 0.368 e. The van der Waals surface area contributed by atoms with Crippen molar-refractivity contribution in [2.45, 2.75) is 12.7 Å². The molecule has 0 radical (unpaired) electrons. The number of thiophene rings is 1. The summed E-state index contributed by atoms with van der Waals surface area (Å²) in [6.45, 7) is 0.435. The Kier molecular flexibility index (Phi) is 4.19. The van der Waals surface area contributed by atoms with Crippen LogP contribution in [-0.4, -0.2) is 17.0 Å². The molecule has 0 unspecified atom stereocenters. The lowest BCUT2D eigenvalue weighted by molar-refractivity contribution is -0.141. The Labute approximate surface area is 125 Å². The summed E-state index contributed by atoms with van der Waals surface area (Å²) in [6.07, 6.45) is -4.54. The maximum absolute atomic E-state index is 12.7. The van der Waals surface area contributed by atoms with E-state index in [4.69, 9.17) is 5.73 Å². The van der Waals surface area contributed by atoms with Crippen molar-refractivity contribution < 1.29 is 13.2 Å². The van der Waals surface area contributed by atoms with E-state index in [2.05, 4.69) is 25.9 Å². The average Bonchev–Trinajstić information content (AvgIpc) is 2.72. The van der Waals surface area contributed by atoms with Crippen LogP contribution in [0.15, 0.2) is 22.0 Å². The maximum atomic E-state index is 12.7. The number of nitrogens with zero attached hydrogens (tertiary/aromatic N) is 3. The molecular weight excluding hydrogens is 357 g/mol. The minimum absolute atomic E-state index is 0.134. The summed E-state index contributed by atoms with van der Waals surface area (Å²) >= 11 is 4.83. The molecule has 0 saturated carbocycles. The van der Waals surface area contributed by atoms with Gasteiger partial charge in [0.15, 0.2) is 5.69 Å². The van der Waals surface area contributed by atoms with Gasteiger partial charge in [0.1, 0.15) is 5.82 Å². The van der Waals surface area contributed by atoms with Gasteiger partial charge in [-0.15, -0.1) is 11.3 Å². The number of nitrogens with two attached hydrogens (primary N) is 1. The Balaban J connectivity index is 2.25. The highest BCUT2D eigenvalue weighted by molar-refractivity contribution is 9.10. The minimum atomic E-state index is -4.54. The maximum Gasteiger partial charge on any atom is 0.433 e. The number of alkyl halides is 3. The van der Waals surface area contributed by atoms with Gasteiger partial charge in [0.05, 0.1) is 6.54 Å². The molecule has 20 heavy (non-hydrogen) atoms. The third kappa shape index (κ3) is 3.60. The molecule has 0 aliphatic heterocycles. The van der Waals surface area contributed by atoms with E-state index in [0.717, 1.165) is 15.4 Å². The van der Waals surface area contributed by atoms with Gasteiger partial charge in [-0.05, 0) is 22.0 Å². The molecule has 0 aliphatic carbocycles. The molecular formula is C11H10BrF3N4S. The summed E-state index contributed by atoms with van der Waals surface area (Å²) < 4.78 is 39.0. The van der Waals surface area contributed by atoms with Crippen molar-refractivity contribution in [3.05, 3.63) is 32.6 Å². The van der Waals surface area contributed by atoms with E-state index in [1.807, 2.05) is 11.4 Å². The van der Waals surface area contributed by atoms with Crippen molar-refractivity contribution in [2.75, 3.05) is 17.7 Å². The van der Waals surface area contributed by atoms with Crippen LogP contribution >= 0.6 is 27.3 Å². The topological polar surface area (TPSA) is 55.0 Å². The van der Waals surface area contributed by atoms with Gasteiger partial charge in [0.25, 0.3) is 0 Å². The summed E-state index contributed by atoms with van der Waals surface area (Å²) in [5, 5.41) is 1.90. The van der Waals surface area contributed by atoms with Gasteiger partial charge < -0.3 is 10.6 Å². The van der Waals surface area contributed by atoms with E-state index in [1.165, 1.54) is 11.3 Å². The molecule has 0 atom stereocenters. The van der Waals surface area contributed by atoms with Crippen LogP contribution in [0.25, 0.3) is 0 Å². The van der Waals surface area contributed by atoms with Crippen LogP contribution in [0.3, 0.4) is 0 Å². The highest BCUT2D eigenvalue weighted by Gasteiger charge is 2.33. The summed E-state index contributed by atoms with van der Waals surface area (Å²) in [5.41, 5.74) is 4.30. The molecule has 4 nitrogen and oxygen atoms in total. The second-order valence-electron chi connectivity index (χ2n) is 4.05. The Morgan fingerprint density at radius 3 is 2.60 bits per heavy atom. The molecule has 0 amide bonds. The molecule has 2 heterocycles. The highest BCUT2D eigenvalue weighted by atomic mass is 79.9. The van der Waals surface area contributed by atoms with Gasteiger partial charge in [0, 0.05) is 27.8 Å². The number of nitrogen functional groups attached to an aromatic ring is 1. The molecule has 2 N–H and O–H groups in total. The van der Waals surface area contributed by atoms with Crippen molar-refractivity contribution in [1.82, 2.24) is 9.97 Å². The molecule has 2 aromatic rings. The van der Waals surface area contributed by atoms with Crippen LogP contribution < -0.4 is 10.6 Å². The zero-order chi connectivity index (χ0) is 14.9. The van der Waals surface area contributed by atoms with E-state index in [-0.39, 0.29) is 5.82 Å². The molecule has 9 heteroatoms. The van der Waals surface area contributed by atoms with E-state index >= 15 is 0 Å². The van der Waals surface area contributed by atoms with Gasteiger partial charge in [0.2, 0.25) is 5.95 Å². The van der Waals surface area contributed by atoms with Gasteiger partial charge in [-0.1, -0.05) is 0 Å². The number of hydrogen-bond acceptors (Lipinski definition) is 5. The average molecular weight is 367 g/mol. The summed E-state index contributed by atoms with van der Waals surface area (Å²) in [7, 11) is 1.65. The van der Waals surface area contributed by atoms with Crippen molar-refractivity contribution in [3.8, 4) is 0 Å². The number of halogens is 4. The summed E-state index contributed by atoms with van der Waals surface area (Å²) in [4.78, 5) is 9.62. The standard InChI is InChI=1S/C11H10BrF3N4S/c1-19(4-7-2-6(12)5-20-7)9-3-8(11(13,14)15)17-10(16)18-9/h2-3,5H,4H2,1H3,(H2,16,17,18). The lowest BCUT2D eigenvalue weighted by Gasteiger charge is -2.18. The van der Waals surface area contributed by atoms with Crippen molar-refractivity contribution in [3.63, 3.8) is 0 Å². The molecule has 0 bridgehead atoms. The second-order valence-corrected chi connectivity index (χ2v) is 5.97. The molecule has 0 aliphatic rings. The minimum Gasteiger partial charge on any atom is -0.368 e. The molecule has 0 aromatic carbocycles. The Morgan fingerprint density at radius 2 is 2.05 bits per heavy atom. The first-order valence-corrected chi connectivity index (χ1v) is 7.09. The van der Waals surface area contributed by atoms with E-state index in [0.29, 0.717) is 6.54 Å². The first-order chi connectivity index (χ1) is 9.25. The molecule has 0 spiro atoms. The fourth-order valence-electron chi connectivity index (χ4n) is 1.54. The molecule has 108 valence electrons. The van der Waals surface area contributed by atoms with Crippen LogP contribution in [0.1, 0.15) is 10.6 Å². The Hall–Kier alpha value is -1.35. The van der Waals surface area contributed by atoms with Crippen LogP contribution in [0.5, 0.6) is 0 Å². The summed E-state index contributed by atoms with van der Waals surface area (Å²) in [5.74, 6) is -0.261. The van der Waals surface area contributed by atoms with Crippen molar-refractivity contribution in [1.29, 1.82) is 0 Å². The zero-order valence-electron chi connectivity index (χ0n) is 10.3. The Bertz CT molecular complexity index is 614. The predicted octanol–water partition coefficient (Wildman–Crippen LogP) is 3.54. The van der Waals surface area contributed by atoms with E-state index in [1.54, 1.807) is 11.9 Å². The van der Waals surface area contributed by atoms with E-state index < -0.39 is 17.8 Å². The van der Waals surface area contributed by atoms with Gasteiger partial charge in [-0.2, -0.15) is 18.2 Å². The monoisotopic (exact) mass is 366 g/mol. The molecule has 2 aromatic heterocycles. The third-order valence-electron chi connectivity index (χ3n) is 2.43. The predicted molar refractivity (Wildman–Crippen MR) is 75.6 cm³/mol. The summed E-state index contributed by atoms with van der Waals surface area (Å²) in [6, 6.07) is 2.79. The van der Waals surface area contributed by atoms with Crippen LogP contribution in [-0.2, 0) is 12.7 Å². The van der Waals surface area contributed by atoms with Crippen LogP contribution in [0.2, 0.25) is 0 Å². The normalized spacial score (nSPS) is 11.7. The lowest BCUT2D eigenvalue weighted by Crippen LogP contribution is -2.20. The van der Waals surface area contributed by atoms with Crippen LogP contribution in [0.4, 0.5) is 24.9 Å². The number of rotatable bonds is 3. The largest absolute Gasteiger partial charge is 0.433 e. The van der Waals surface area contributed by atoms with E-state index in [9.17, 15) is 13.2 Å². The fourth-order valence-corrected chi connectivity index (χ4v) is 3.05. The first kappa shape index (κ1) is 15.0. The number of aromatic nitrogens is 2. The van der Waals surface area contributed by atoms with Crippen LogP contribution in [0, 0.1) is 0 Å². The highest BCUT2D eigenvalue weighted by Crippen LogP contribution is 2.30. The second kappa shape index (κ2) is 5.57. The van der Waals surface area contributed by atoms with Gasteiger partial charge in [-0.3, -0.25) is 0 Å². The first-order valence-electron chi connectivity index (χ1n) is 5.41. The Morgan fingerprint density at radius 1 is 1.35 bits per heavy atom. The SMILES string of the molecule is CN(Cc1cc(Br)cs1)c1cc(C(F)(F)F)nc(N)n1. The molecule has 2 rings (SSSR count). The number of hydrogen-bond donors (Lipinski definition) is 1. The van der Waals surface area contributed by atoms with Gasteiger partial charge >= 0.3 is 6.18 Å².